The molecule has 2 aliphatic carbocycles. The van der Waals surface area contributed by atoms with Crippen LogP contribution in [0.2, 0.25) is 4.34 Å². The number of nitrogens with zero attached hydrogens (tertiary/aromatic N) is 1. The van der Waals surface area contributed by atoms with Gasteiger partial charge in [-0.25, -0.2) is 4.98 Å². The molecular formula is C26H34ClN5O3S. The quantitative estimate of drug-likeness (QED) is 0.354. The van der Waals surface area contributed by atoms with Gasteiger partial charge in [0.15, 0.2) is 5.13 Å². The maximum Gasteiger partial charge on any atom is 0.254 e. The Morgan fingerprint density at radius 1 is 1.06 bits per heavy atom. The number of hydrogen-bond donors (Lipinski definition) is 4. The van der Waals surface area contributed by atoms with Gasteiger partial charge in [0.05, 0.1) is 11.8 Å². The molecule has 1 aromatic carbocycles. The molecule has 1 atom stereocenters. The number of benzene rings is 1. The summed E-state index contributed by atoms with van der Waals surface area (Å²) in [6, 6.07) is 4.49. The lowest BCUT2D eigenvalue weighted by atomic mass is 9.84. The van der Waals surface area contributed by atoms with E-state index in [0.717, 1.165) is 51.4 Å². The van der Waals surface area contributed by atoms with Crippen LogP contribution in [0.5, 0.6) is 0 Å². The summed E-state index contributed by atoms with van der Waals surface area (Å²) in [5.41, 5.74) is 1.42. The van der Waals surface area contributed by atoms with Crippen LogP contribution in [0.4, 0.5) is 10.8 Å². The van der Waals surface area contributed by atoms with E-state index in [0.29, 0.717) is 38.6 Å². The molecule has 0 saturated heterocycles. The smallest absolute Gasteiger partial charge is 0.254 e. The molecule has 2 aromatic rings. The predicted octanol–water partition coefficient (Wildman–Crippen LogP) is 5.22. The molecular weight excluding hydrogens is 498 g/mol. The van der Waals surface area contributed by atoms with Gasteiger partial charge < -0.3 is 21.3 Å². The molecule has 2 aliphatic rings. The Bertz CT molecular complexity index is 1080. The fraction of sp³-hybridized carbons (Fsp3) is 0.538. The summed E-state index contributed by atoms with van der Waals surface area (Å²) < 4.78 is 0.480. The first kappa shape index (κ1) is 26.4. The Labute approximate surface area is 221 Å². The second-order valence-electron chi connectivity index (χ2n) is 9.69. The van der Waals surface area contributed by atoms with Crippen molar-refractivity contribution in [1.29, 1.82) is 0 Å². The van der Waals surface area contributed by atoms with Crippen molar-refractivity contribution in [3.63, 3.8) is 0 Å². The highest BCUT2D eigenvalue weighted by Gasteiger charge is 2.28. The van der Waals surface area contributed by atoms with E-state index in [9.17, 15) is 14.4 Å². The van der Waals surface area contributed by atoms with Gasteiger partial charge in [-0.05, 0) is 43.4 Å². The number of aromatic nitrogens is 1. The predicted molar refractivity (Wildman–Crippen MR) is 144 cm³/mol. The number of halogens is 1. The molecule has 0 spiro atoms. The first-order chi connectivity index (χ1) is 17.4. The fourth-order valence-electron chi connectivity index (χ4n) is 5.16. The van der Waals surface area contributed by atoms with Crippen molar-refractivity contribution in [1.82, 2.24) is 15.6 Å². The Morgan fingerprint density at radius 3 is 2.44 bits per heavy atom. The summed E-state index contributed by atoms with van der Waals surface area (Å²) >= 11 is 7.14. The molecule has 0 bridgehead atoms. The van der Waals surface area contributed by atoms with Gasteiger partial charge in [0.1, 0.15) is 10.4 Å². The Hall–Kier alpha value is -2.65. The number of hydrogen-bond acceptors (Lipinski definition) is 6. The van der Waals surface area contributed by atoms with Gasteiger partial charge >= 0.3 is 0 Å². The highest BCUT2D eigenvalue weighted by Crippen LogP contribution is 2.29. The average molecular weight is 532 g/mol. The molecule has 1 unspecified atom stereocenters. The van der Waals surface area contributed by atoms with Crippen LogP contribution in [0.25, 0.3) is 0 Å². The van der Waals surface area contributed by atoms with Crippen LogP contribution in [-0.4, -0.2) is 41.8 Å². The van der Waals surface area contributed by atoms with Gasteiger partial charge in [0, 0.05) is 24.3 Å². The second kappa shape index (κ2) is 12.5. The van der Waals surface area contributed by atoms with Gasteiger partial charge in [-0.15, -0.1) is 0 Å². The second-order valence-corrected chi connectivity index (χ2v) is 11.4. The molecule has 2 fully saturated rings. The van der Waals surface area contributed by atoms with Gasteiger partial charge in [-0.3, -0.25) is 14.4 Å². The van der Waals surface area contributed by atoms with Crippen LogP contribution >= 0.6 is 22.9 Å². The van der Waals surface area contributed by atoms with Gasteiger partial charge in [-0.1, -0.05) is 67.9 Å². The van der Waals surface area contributed by atoms with Crippen LogP contribution in [0.15, 0.2) is 24.4 Å². The van der Waals surface area contributed by atoms with Crippen LogP contribution in [0.1, 0.15) is 84.9 Å². The molecule has 194 valence electrons. The molecule has 2 saturated carbocycles. The zero-order valence-electron chi connectivity index (χ0n) is 20.6. The van der Waals surface area contributed by atoms with Crippen molar-refractivity contribution < 1.29 is 14.4 Å². The number of carbonyl (C=O) groups excluding carboxylic acids is 3. The van der Waals surface area contributed by atoms with Crippen molar-refractivity contribution in [3.8, 4) is 0 Å². The lowest BCUT2D eigenvalue weighted by Crippen LogP contribution is -2.45. The summed E-state index contributed by atoms with van der Waals surface area (Å²) in [6.45, 7) is 0. The lowest BCUT2D eigenvalue weighted by molar-refractivity contribution is -0.118. The van der Waals surface area contributed by atoms with E-state index in [-0.39, 0.29) is 23.8 Å². The lowest BCUT2D eigenvalue weighted by Gasteiger charge is -2.26. The summed E-state index contributed by atoms with van der Waals surface area (Å²) in [5.74, 6) is -0.434. The summed E-state index contributed by atoms with van der Waals surface area (Å²) in [7, 11) is 1.71. The van der Waals surface area contributed by atoms with E-state index in [1.807, 2.05) is 0 Å². The molecule has 1 heterocycles. The third kappa shape index (κ3) is 6.97. The SMILES string of the molecule is CNc1cc(C(=O)NC2CCCC2)ccc1C(=O)NC(CC1CCCCC1)C(=O)Nc1ncc(Cl)s1. The fourth-order valence-corrected chi connectivity index (χ4v) is 5.97. The zero-order chi connectivity index (χ0) is 25.5. The first-order valence-corrected chi connectivity index (χ1v) is 14.0. The zero-order valence-corrected chi connectivity index (χ0v) is 22.1. The molecule has 36 heavy (non-hydrogen) atoms. The van der Waals surface area contributed by atoms with E-state index in [1.165, 1.54) is 24.0 Å². The average Bonchev–Trinajstić information content (AvgIpc) is 3.55. The molecule has 10 heteroatoms. The monoisotopic (exact) mass is 531 g/mol. The number of nitrogens with one attached hydrogen (secondary N) is 4. The van der Waals surface area contributed by atoms with Gasteiger partial charge in [0.2, 0.25) is 5.91 Å². The molecule has 4 N–H and O–H groups in total. The molecule has 1 aromatic heterocycles. The highest BCUT2D eigenvalue weighted by molar-refractivity contribution is 7.19. The highest BCUT2D eigenvalue weighted by atomic mass is 35.5. The van der Waals surface area contributed by atoms with Crippen molar-refractivity contribution in [2.24, 2.45) is 5.92 Å². The summed E-state index contributed by atoms with van der Waals surface area (Å²) in [5, 5.41) is 12.2. The molecule has 8 nitrogen and oxygen atoms in total. The topological polar surface area (TPSA) is 112 Å². The van der Waals surface area contributed by atoms with E-state index in [4.69, 9.17) is 11.6 Å². The Morgan fingerprint density at radius 2 is 1.78 bits per heavy atom. The van der Waals surface area contributed by atoms with Crippen molar-refractivity contribution in [2.75, 3.05) is 17.7 Å². The molecule has 0 radical (unpaired) electrons. The van der Waals surface area contributed by atoms with Crippen molar-refractivity contribution in [3.05, 3.63) is 39.9 Å². The Balaban J connectivity index is 1.47. The number of anilines is 2. The van der Waals surface area contributed by atoms with Crippen molar-refractivity contribution >= 4 is 51.5 Å². The van der Waals surface area contributed by atoms with Gasteiger partial charge in [-0.2, -0.15) is 0 Å². The minimum atomic E-state index is -0.710. The summed E-state index contributed by atoms with van der Waals surface area (Å²) in [6.07, 6.45) is 11.9. The maximum absolute atomic E-state index is 13.3. The number of thiazole rings is 1. The van der Waals surface area contributed by atoms with Gasteiger partial charge in [0.25, 0.3) is 11.8 Å². The van der Waals surface area contributed by atoms with Crippen LogP contribution in [-0.2, 0) is 4.79 Å². The number of rotatable bonds is 9. The Kier molecular flexibility index (Phi) is 9.20. The number of amides is 3. The van der Waals surface area contributed by atoms with Crippen LogP contribution in [0.3, 0.4) is 0 Å². The van der Waals surface area contributed by atoms with Crippen LogP contribution in [0, 0.1) is 5.92 Å². The standard InChI is InChI=1S/C26H34ClN5O3S/c1-28-20-14-17(23(33)30-18-9-5-6-10-18)11-12-19(20)24(34)31-21(13-16-7-3-2-4-8-16)25(35)32-26-29-15-22(27)36-26/h11-12,14-16,18,21,28H,2-10,13H2,1H3,(H,30,33)(H,31,34)(H,29,32,35). The van der Waals surface area contributed by atoms with E-state index in [2.05, 4.69) is 26.3 Å². The van der Waals surface area contributed by atoms with E-state index in [1.54, 1.807) is 25.2 Å². The minimum absolute atomic E-state index is 0.137. The van der Waals surface area contributed by atoms with E-state index < -0.39 is 6.04 Å². The number of carbonyl (C=O) groups is 3. The third-order valence-corrected chi connectivity index (χ3v) is 8.14. The molecule has 0 aliphatic heterocycles. The molecule has 3 amide bonds. The first-order valence-electron chi connectivity index (χ1n) is 12.8. The third-order valence-electron chi connectivity index (χ3n) is 7.11. The van der Waals surface area contributed by atoms with Crippen molar-refractivity contribution in [2.45, 2.75) is 76.3 Å². The maximum atomic E-state index is 13.3. The largest absolute Gasteiger partial charge is 0.387 e. The minimum Gasteiger partial charge on any atom is -0.387 e. The molecule has 4 rings (SSSR count). The normalized spacial score (nSPS) is 17.4. The van der Waals surface area contributed by atoms with Crippen LogP contribution < -0.4 is 21.3 Å². The summed E-state index contributed by atoms with van der Waals surface area (Å²) in [4.78, 5) is 43.3. The van der Waals surface area contributed by atoms with E-state index >= 15 is 0 Å².